The molecule has 0 atom stereocenters. The van der Waals surface area contributed by atoms with E-state index in [1.54, 1.807) is 11.9 Å². The summed E-state index contributed by atoms with van der Waals surface area (Å²) in [5.41, 5.74) is -0.0346. The SMILES string of the molecule is C=CCN(C)CCCCCCOC1CCC(N(C)C(=O)Oc2ccc([N+](=O)[O-])cc2)CC1. The molecule has 1 aromatic rings. The highest BCUT2D eigenvalue weighted by Crippen LogP contribution is 2.26. The summed E-state index contributed by atoms with van der Waals surface area (Å²) in [7, 11) is 3.86. The van der Waals surface area contributed by atoms with Gasteiger partial charge in [0.2, 0.25) is 0 Å². The molecule has 178 valence electrons. The molecular weight excluding hydrogens is 410 g/mol. The smallest absolute Gasteiger partial charge is 0.410 e. The third-order valence-electron chi connectivity index (χ3n) is 5.96. The molecule has 2 rings (SSSR count). The number of nitro benzene ring substituents is 1. The molecule has 0 saturated heterocycles. The number of hydrogen-bond acceptors (Lipinski definition) is 6. The van der Waals surface area contributed by atoms with Crippen molar-refractivity contribution in [2.45, 2.75) is 63.5 Å². The average molecular weight is 448 g/mol. The summed E-state index contributed by atoms with van der Waals surface area (Å²) in [5, 5.41) is 10.7. The Bertz CT molecular complexity index is 717. The highest BCUT2D eigenvalue weighted by molar-refractivity contribution is 5.70. The van der Waals surface area contributed by atoms with Crippen molar-refractivity contribution >= 4 is 11.8 Å². The minimum atomic E-state index is -0.483. The van der Waals surface area contributed by atoms with Gasteiger partial charge in [-0.15, -0.1) is 6.58 Å². The van der Waals surface area contributed by atoms with Crippen LogP contribution in [0.1, 0.15) is 51.4 Å². The van der Waals surface area contributed by atoms with Crippen molar-refractivity contribution in [2.75, 3.05) is 33.8 Å². The van der Waals surface area contributed by atoms with E-state index in [0.717, 1.165) is 51.8 Å². The molecule has 0 spiro atoms. The van der Waals surface area contributed by atoms with Crippen LogP contribution in [-0.4, -0.2) is 66.8 Å². The number of carbonyl (C=O) groups excluding carboxylic acids is 1. The standard InChI is InChI=1S/C24H37N3O5/c1-4-17-25(2)18-7-5-6-8-19-31-22-13-9-20(10-14-22)26(3)24(28)32-23-15-11-21(12-16-23)27(29)30/h4,11-12,15-16,20,22H,1,5-10,13-14,17-19H2,2-3H3. The third kappa shape index (κ3) is 8.96. The number of non-ortho nitro benzene ring substituents is 1. The maximum atomic E-state index is 12.4. The Kier molecular flexibility index (Phi) is 11.2. The topological polar surface area (TPSA) is 85.2 Å². The number of ether oxygens (including phenoxy) is 2. The van der Waals surface area contributed by atoms with E-state index in [1.165, 1.54) is 43.5 Å². The van der Waals surface area contributed by atoms with Crippen LogP contribution in [0.15, 0.2) is 36.9 Å². The molecule has 1 saturated carbocycles. The molecule has 0 radical (unpaired) electrons. The van der Waals surface area contributed by atoms with Crippen LogP contribution in [0.2, 0.25) is 0 Å². The number of benzene rings is 1. The summed E-state index contributed by atoms with van der Waals surface area (Å²) < 4.78 is 11.4. The maximum absolute atomic E-state index is 12.4. The van der Waals surface area contributed by atoms with E-state index in [1.807, 2.05) is 6.08 Å². The average Bonchev–Trinajstić information content (AvgIpc) is 2.79. The maximum Gasteiger partial charge on any atom is 0.415 e. The highest BCUT2D eigenvalue weighted by Gasteiger charge is 2.28. The van der Waals surface area contributed by atoms with E-state index in [-0.39, 0.29) is 17.8 Å². The first-order valence-corrected chi connectivity index (χ1v) is 11.5. The molecular formula is C24H37N3O5. The summed E-state index contributed by atoms with van der Waals surface area (Å²) in [6.07, 6.45) is 10.1. The monoisotopic (exact) mass is 447 g/mol. The highest BCUT2D eigenvalue weighted by atomic mass is 16.6. The first-order chi connectivity index (χ1) is 15.4. The molecule has 8 heteroatoms. The van der Waals surface area contributed by atoms with E-state index in [0.29, 0.717) is 5.75 Å². The van der Waals surface area contributed by atoms with Crippen LogP contribution in [0.5, 0.6) is 5.75 Å². The zero-order chi connectivity index (χ0) is 23.3. The number of unbranched alkanes of at least 4 members (excludes halogenated alkanes) is 3. The summed E-state index contributed by atoms with van der Waals surface area (Å²) >= 11 is 0. The summed E-state index contributed by atoms with van der Waals surface area (Å²) in [6, 6.07) is 5.65. The zero-order valence-electron chi connectivity index (χ0n) is 19.4. The van der Waals surface area contributed by atoms with Crippen molar-refractivity contribution in [3.63, 3.8) is 0 Å². The van der Waals surface area contributed by atoms with Gasteiger partial charge >= 0.3 is 6.09 Å². The minimum absolute atomic E-state index is 0.0346. The number of amides is 1. The van der Waals surface area contributed by atoms with Crippen molar-refractivity contribution in [3.8, 4) is 5.75 Å². The van der Waals surface area contributed by atoms with Crippen LogP contribution in [0.3, 0.4) is 0 Å². The van der Waals surface area contributed by atoms with E-state index in [4.69, 9.17) is 9.47 Å². The van der Waals surface area contributed by atoms with Gasteiger partial charge in [0.25, 0.3) is 5.69 Å². The largest absolute Gasteiger partial charge is 0.415 e. The molecule has 1 aromatic carbocycles. The Hall–Kier alpha value is -2.45. The Balaban J connectivity index is 1.59. The van der Waals surface area contributed by atoms with Gasteiger partial charge in [0, 0.05) is 38.4 Å². The molecule has 0 heterocycles. The summed E-state index contributed by atoms with van der Waals surface area (Å²) in [6.45, 7) is 6.61. The van der Waals surface area contributed by atoms with Gasteiger partial charge in [-0.25, -0.2) is 4.79 Å². The molecule has 0 aromatic heterocycles. The first-order valence-electron chi connectivity index (χ1n) is 11.5. The molecule has 0 bridgehead atoms. The summed E-state index contributed by atoms with van der Waals surface area (Å²) in [4.78, 5) is 26.6. The van der Waals surface area contributed by atoms with Gasteiger partial charge in [-0.2, -0.15) is 0 Å². The fourth-order valence-electron chi connectivity index (χ4n) is 3.96. The van der Waals surface area contributed by atoms with Crippen molar-refractivity contribution in [3.05, 3.63) is 47.0 Å². The summed E-state index contributed by atoms with van der Waals surface area (Å²) in [5.74, 6) is 0.303. The van der Waals surface area contributed by atoms with Gasteiger partial charge < -0.3 is 19.3 Å². The second-order valence-electron chi connectivity index (χ2n) is 8.50. The predicted octanol–water partition coefficient (Wildman–Crippen LogP) is 5.03. The Morgan fingerprint density at radius 3 is 2.41 bits per heavy atom. The van der Waals surface area contributed by atoms with E-state index in [2.05, 4.69) is 18.5 Å². The van der Waals surface area contributed by atoms with Crippen LogP contribution in [0, 0.1) is 10.1 Å². The van der Waals surface area contributed by atoms with Gasteiger partial charge in [0.15, 0.2) is 0 Å². The Morgan fingerprint density at radius 1 is 1.12 bits per heavy atom. The van der Waals surface area contributed by atoms with Crippen molar-refractivity contribution < 1.29 is 19.2 Å². The zero-order valence-corrected chi connectivity index (χ0v) is 19.4. The number of rotatable bonds is 13. The van der Waals surface area contributed by atoms with Crippen LogP contribution < -0.4 is 4.74 Å². The minimum Gasteiger partial charge on any atom is -0.410 e. The van der Waals surface area contributed by atoms with E-state index < -0.39 is 11.0 Å². The number of nitrogens with zero attached hydrogens (tertiary/aromatic N) is 3. The molecule has 1 fully saturated rings. The second kappa shape index (κ2) is 13.9. The molecule has 0 N–H and O–H groups in total. The molecule has 8 nitrogen and oxygen atoms in total. The molecule has 1 amide bonds. The van der Waals surface area contributed by atoms with Crippen LogP contribution in [-0.2, 0) is 4.74 Å². The molecule has 32 heavy (non-hydrogen) atoms. The number of likely N-dealkylation sites (N-methyl/N-ethyl adjacent to an activating group) is 1. The van der Waals surface area contributed by atoms with Crippen LogP contribution in [0.4, 0.5) is 10.5 Å². The van der Waals surface area contributed by atoms with Gasteiger partial charge in [-0.3, -0.25) is 10.1 Å². The van der Waals surface area contributed by atoms with Crippen LogP contribution in [0.25, 0.3) is 0 Å². The number of hydrogen-bond donors (Lipinski definition) is 0. The molecule has 1 aliphatic rings. The number of nitro groups is 1. The molecule has 1 aliphatic carbocycles. The van der Waals surface area contributed by atoms with Crippen LogP contribution >= 0.6 is 0 Å². The predicted molar refractivity (Wildman–Crippen MR) is 125 cm³/mol. The lowest BCUT2D eigenvalue weighted by Crippen LogP contribution is -2.42. The third-order valence-corrected chi connectivity index (χ3v) is 5.96. The van der Waals surface area contributed by atoms with Gasteiger partial charge in [-0.05, 0) is 64.3 Å². The lowest BCUT2D eigenvalue weighted by atomic mass is 9.92. The molecule has 0 aliphatic heterocycles. The second-order valence-corrected chi connectivity index (χ2v) is 8.50. The van der Waals surface area contributed by atoms with Crippen molar-refractivity contribution in [1.29, 1.82) is 0 Å². The Labute approximate surface area is 191 Å². The van der Waals surface area contributed by atoms with Crippen molar-refractivity contribution in [1.82, 2.24) is 9.80 Å². The van der Waals surface area contributed by atoms with E-state index >= 15 is 0 Å². The number of carbonyl (C=O) groups is 1. The first kappa shape index (κ1) is 25.8. The quantitative estimate of drug-likeness (QED) is 0.182. The lowest BCUT2D eigenvalue weighted by Gasteiger charge is -2.34. The molecule has 0 unspecified atom stereocenters. The van der Waals surface area contributed by atoms with E-state index in [9.17, 15) is 14.9 Å². The fourth-order valence-corrected chi connectivity index (χ4v) is 3.96. The normalized spacial score (nSPS) is 18.3. The van der Waals surface area contributed by atoms with Gasteiger partial charge in [0.05, 0.1) is 11.0 Å². The van der Waals surface area contributed by atoms with Gasteiger partial charge in [-0.1, -0.05) is 18.9 Å². The fraction of sp³-hybridized carbons (Fsp3) is 0.625. The lowest BCUT2D eigenvalue weighted by molar-refractivity contribution is -0.384. The van der Waals surface area contributed by atoms with Crippen molar-refractivity contribution in [2.24, 2.45) is 0 Å². The Morgan fingerprint density at radius 2 is 1.78 bits per heavy atom. The van der Waals surface area contributed by atoms with Gasteiger partial charge in [0.1, 0.15) is 5.75 Å².